The van der Waals surface area contributed by atoms with Crippen molar-refractivity contribution in [3.8, 4) is 5.75 Å². The number of hydrogen-bond donors (Lipinski definition) is 2. The first-order valence-electron chi connectivity index (χ1n) is 6.62. The zero-order chi connectivity index (χ0) is 13.5. The van der Waals surface area contributed by atoms with Crippen LogP contribution in [0, 0.1) is 0 Å². The fraction of sp³-hybridized carbons (Fsp3) is 0.400. The number of imidazole rings is 1. The van der Waals surface area contributed by atoms with Crippen LogP contribution < -0.4 is 10.1 Å². The summed E-state index contributed by atoms with van der Waals surface area (Å²) in [7, 11) is 1.72. The Balaban J connectivity index is 1.79. The van der Waals surface area contributed by atoms with Gasteiger partial charge in [-0.25, -0.2) is 4.98 Å². The third-order valence-corrected chi connectivity index (χ3v) is 3.16. The quantitative estimate of drug-likeness (QED) is 0.801. The summed E-state index contributed by atoms with van der Waals surface area (Å²) in [5.41, 5.74) is 2.41. The van der Waals surface area contributed by atoms with E-state index in [2.05, 4.69) is 34.3 Å². The Hall–Kier alpha value is -1.81. The first-order valence-corrected chi connectivity index (χ1v) is 6.62. The third kappa shape index (κ3) is 4.10. The number of H-pyrrole nitrogens is 1. The average molecular weight is 259 g/mol. The minimum atomic E-state index is 0.416. The lowest BCUT2D eigenvalue weighted by atomic mass is 10.1. The van der Waals surface area contributed by atoms with Crippen LogP contribution in [0.1, 0.15) is 18.2 Å². The predicted octanol–water partition coefficient (Wildman–Crippen LogP) is 2.18. The molecule has 1 unspecified atom stereocenters. The van der Waals surface area contributed by atoms with E-state index in [-0.39, 0.29) is 0 Å². The van der Waals surface area contributed by atoms with Gasteiger partial charge in [-0.3, -0.25) is 0 Å². The molecule has 19 heavy (non-hydrogen) atoms. The van der Waals surface area contributed by atoms with Crippen molar-refractivity contribution in [3.05, 3.63) is 48.0 Å². The average Bonchev–Trinajstić information content (AvgIpc) is 2.92. The Morgan fingerprint density at radius 3 is 2.95 bits per heavy atom. The van der Waals surface area contributed by atoms with Gasteiger partial charge in [0.15, 0.2) is 0 Å². The molecular formula is C15H21N3O. The SMILES string of the molecule is COc1ccccc1CC(C)NCCc1cnc[nH]1. The van der Waals surface area contributed by atoms with E-state index in [1.165, 1.54) is 5.56 Å². The smallest absolute Gasteiger partial charge is 0.122 e. The largest absolute Gasteiger partial charge is 0.496 e. The van der Waals surface area contributed by atoms with E-state index in [1.54, 1.807) is 13.4 Å². The van der Waals surface area contributed by atoms with Crippen molar-refractivity contribution in [2.45, 2.75) is 25.8 Å². The van der Waals surface area contributed by atoms with Crippen molar-refractivity contribution in [1.82, 2.24) is 15.3 Å². The molecule has 2 rings (SSSR count). The highest BCUT2D eigenvalue weighted by Crippen LogP contribution is 2.18. The maximum atomic E-state index is 5.37. The summed E-state index contributed by atoms with van der Waals surface area (Å²) in [6.45, 7) is 3.14. The van der Waals surface area contributed by atoms with Gasteiger partial charge < -0.3 is 15.0 Å². The molecule has 4 nitrogen and oxygen atoms in total. The van der Waals surface area contributed by atoms with Crippen LogP contribution in [0.5, 0.6) is 5.75 Å². The van der Waals surface area contributed by atoms with Gasteiger partial charge in [0.1, 0.15) is 5.75 Å². The lowest BCUT2D eigenvalue weighted by molar-refractivity contribution is 0.406. The van der Waals surface area contributed by atoms with Crippen molar-refractivity contribution in [1.29, 1.82) is 0 Å². The van der Waals surface area contributed by atoms with Gasteiger partial charge in [0.2, 0.25) is 0 Å². The lowest BCUT2D eigenvalue weighted by Gasteiger charge is -2.15. The molecule has 0 radical (unpaired) electrons. The van der Waals surface area contributed by atoms with Gasteiger partial charge in [-0.05, 0) is 25.0 Å². The van der Waals surface area contributed by atoms with Crippen molar-refractivity contribution in [2.24, 2.45) is 0 Å². The van der Waals surface area contributed by atoms with E-state index in [9.17, 15) is 0 Å². The Labute approximate surface area is 114 Å². The number of hydrogen-bond acceptors (Lipinski definition) is 3. The van der Waals surface area contributed by atoms with E-state index in [1.807, 2.05) is 18.3 Å². The molecule has 2 aromatic rings. The summed E-state index contributed by atoms with van der Waals surface area (Å²) in [5, 5.41) is 3.52. The summed E-state index contributed by atoms with van der Waals surface area (Å²) in [6, 6.07) is 8.59. The van der Waals surface area contributed by atoms with E-state index in [4.69, 9.17) is 4.74 Å². The highest BCUT2D eigenvalue weighted by Gasteiger charge is 2.07. The number of nitrogens with one attached hydrogen (secondary N) is 2. The molecule has 102 valence electrons. The fourth-order valence-electron chi connectivity index (χ4n) is 2.15. The fourth-order valence-corrected chi connectivity index (χ4v) is 2.15. The molecule has 0 aliphatic carbocycles. The summed E-state index contributed by atoms with van der Waals surface area (Å²) >= 11 is 0. The Morgan fingerprint density at radius 2 is 2.21 bits per heavy atom. The number of ether oxygens (including phenoxy) is 1. The first-order chi connectivity index (χ1) is 9.29. The zero-order valence-corrected chi connectivity index (χ0v) is 11.5. The summed E-state index contributed by atoms with van der Waals surface area (Å²) in [4.78, 5) is 7.12. The Bertz CT molecular complexity index is 482. The van der Waals surface area contributed by atoms with Gasteiger partial charge >= 0.3 is 0 Å². The lowest BCUT2D eigenvalue weighted by Crippen LogP contribution is -2.30. The van der Waals surface area contributed by atoms with Crippen LogP contribution in [0.3, 0.4) is 0 Å². The van der Waals surface area contributed by atoms with Crippen LogP contribution in [-0.2, 0) is 12.8 Å². The van der Waals surface area contributed by atoms with Crippen LogP contribution in [-0.4, -0.2) is 29.7 Å². The second-order valence-electron chi connectivity index (χ2n) is 4.70. The molecule has 0 saturated heterocycles. The van der Waals surface area contributed by atoms with Gasteiger partial charge in [-0.2, -0.15) is 0 Å². The summed E-state index contributed by atoms with van der Waals surface area (Å²) < 4.78 is 5.37. The molecular weight excluding hydrogens is 238 g/mol. The zero-order valence-electron chi connectivity index (χ0n) is 11.5. The Morgan fingerprint density at radius 1 is 1.37 bits per heavy atom. The van der Waals surface area contributed by atoms with Gasteiger partial charge in [-0.1, -0.05) is 18.2 Å². The maximum Gasteiger partial charge on any atom is 0.122 e. The van der Waals surface area contributed by atoms with Crippen LogP contribution in [0.2, 0.25) is 0 Å². The van der Waals surface area contributed by atoms with Crippen molar-refractivity contribution < 1.29 is 4.74 Å². The van der Waals surface area contributed by atoms with Crippen molar-refractivity contribution >= 4 is 0 Å². The van der Waals surface area contributed by atoms with Crippen LogP contribution in [0.4, 0.5) is 0 Å². The molecule has 1 heterocycles. The summed E-state index contributed by atoms with van der Waals surface area (Å²) in [6.07, 6.45) is 5.52. The molecule has 0 saturated carbocycles. The van der Waals surface area contributed by atoms with Crippen molar-refractivity contribution in [3.63, 3.8) is 0 Å². The van der Waals surface area contributed by atoms with E-state index < -0.39 is 0 Å². The van der Waals surface area contributed by atoms with Crippen LogP contribution in [0.15, 0.2) is 36.8 Å². The third-order valence-electron chi connectivity index (χ3n) is 3.16. The van der Waals surface area contributed by atoms with Crippen LogP contribution >= 0.6 is 0 Å². The number of aromatic amines is 1. The summed E-state index contributed by atoms with van der Waals surface area (Å²) in [5.74, 6) is 0.963. The molecule has 0 aliphatic rings. The van der Waals surface area contributed by atoms with Crippen molar-refractivity contribution in [2.75, 3.05) is 13.7 Å². The normalized spacial score (nSPS) is 12.3. The van der Waals surface area contributed by atoms with E-state index in [0.29, 0.717) is 6.04 Å². The maximum absolute atomic E-state index is 5.37. The number of aromatic nitrogens is 2. The number of nitrogens with zero attached hydrogens (tertiary/aromatic N) is 1. The molecule has 0 spiro atoms. The second-order valence-corrected chi connectivity index (χ2v) is 4.70. The van der Waals surface area contributed by atoms with Gasteiger partial charge in [0, 0.05) is 30.9 Å². The molecule has 0 bridgehead atoms. The molecule has 2 N–H and O–H groups in total. The molecule has 0 aliphatic heterocycles. The molecule has 1 atom stereocenters. The van der Waals surface area contributed by atoms with E-state index >= 15 is 0 Å². The number of rotatable bonds is 7. The topological polar surface area (TPSA) is 49.9 Å². The molecule has 0 fully saturated rings. The molecule has 4 heteroatoms. The van der Waals surface area contributed by atoms with Gasteiger partial charge in [0.25, 0.3) is 0 Å². The molecule has 1 aromatic carbocycles. The number of methoxy groups -OCH3 is 1. The minimum Gasteiger partial charge on any atom is -0.496 e. The van der Waals surface area contributed by atoms with Crippen LogP contribution in [0.25, 0.3) is 0 Å². The number of benzene rings is 1. The monoisotopic (exact) mass is 259 g/mol. The first kappa shape index (κ1) is 13.6. The Kier molecular flexibility index (Phi) is 4.98. The minimum absolute atomic E-state index is 0.416. The van der Waals surface area contributed by atoms with Gasteiger partial charge in [-0.15, -0.1) is 0 Å². The van der Waals surface area contributed by atoms with Gasteiger partial charge in [0.05, 0.1) is 13.4 Å². The standard InChI is InChI=1S/C15H21N3O/c1-12(17-8-7-14-10-16-11-18-14)9-13-5-3-4-6-15(13)19-2/h3-6,10-12,17H,7-9H2,1-2H3,(H,16,18). The number of para-hydroxylation sites is 1. The highest BCUT2D eigenvalue weighted by molar-refractivity contribution is 5.33. The highest BCUT2D eigenvalue weighted by atomic mass is 16.5. The second kappa shape index (κ2) is 6.95. The van der Waals surface area contributed by atoms with E-state index in [0.717, 1.165) is 30.8 Å². The molecule has 0 amide bonds. The predicted molar refractivity (Wildman–Crippen MR) is 76.5 cm³/mol. The molecule has 1 aromatic heterocycles.